The predicted octanol–water partition coefficient (Wildman–Crippen LogP) is 3.27. The number of hydrogen-bond acceptors (Lipinski definition) is 5. The zero-order valence-electron chi connectivity index (χ0n) is 15.3. The van der Waals surface area contributed by atoms with Crippen LogP contribution >= 0.6 is 15.9 Å². The minimum Gasteiger partial charge on any atom is -0.487 e. The van der Waals surface area contributed by atoms with Gasteiger partial charge in [0.25, 0.3) is 5.56 Å². The van der Waals surface area contributed by atoms with Crippen molar-refractivity contribution in [3.8, 4) is 5.75 Å². The van der Waals surface area contributed by atoms with Crippen LogP contribution in [0.4, 0.5) is 0 Å². The van der Waals surface area contributed by atoms with Gasteiger partial charge in [-0.2, -0.15) is 0 Å². The van der Waals surface area contributed by atoms with E-state index in [-0.39, 0.29) is 31.1 Å². The second-order valence-corrected chi connectivity index (χ2v) is 7.23. The van der Waals surface area contributed by atoms with E-state index in [2.05, 4.69) is 20.9 Å². The summed E-state index contributed by atoms with van der Waals surface area (Å²) in [6.07, 6.45) is 3.22. The number of aryl methyl sites for hydroxylation is 1. The first-order chi connectivity index (χ1) is 13.5. The SMILES string of the molecule is Cc1cc(CO)ccc1C(=O)Cn1ccc(OCc2ccc(Br)cn2)cc1=O. The number of benzene rings is 1. The number of hydrogen-bond donors (Lipinski definition) is 1. The fourth-order valence-corrected chi connectivity index (χ4v) is 2.97. The van der Waals surface area contributed by atoms with Gasteiger partial charge in [-0.15, -0.1) is 0 Å². The Bertz CT molecular complexity index is 1050. The van der Waals surface area contributed by atoms with E-state index in [1.54, 1.807) is 36.7 Å². The lowest BCUT2D eigenvalue weighted by molar-refractivity contribution is 0.0970. The second-order valence-electron chi connectivity index (χ2n) is 6.32. The van der Waals surface area contributed by atoms with E-state index in [0.29, 0.717) is 11.3 Å². The summed E-state index contributed by atoms with van der Waals surface area (Å²) < 4.78 is 7.82. The van der Waals surface area contributed by atoms with Gasteiger partial charge in [0.05, 0.1) is 18.8 Å². The first-order valence-corrected chi connectivity index (χ1v) is 9.43. The largest absolute Gasteiger partial charge is 0.487 e. The van der Waals surface area contributed by atoms with E-state index in [9.17, 15) is 9.59 Å². The average Bonchev–Trinajstić information content (AvgIpc) is 2.69. The van der Waals surface area contributed by atoms with E-state index in [0.717, 1.165) is 21.3 Å². The van der Waals surface area contributed by atoms with Crippen LogP contribution in [0.5, 0.6) is 5.75 Å². The molecular formula is C21H19BrN2O4. The third kappa shape index (κ3) is 4.94. The molecule has 0 unspecified atom stereocenters. The van der Waals surface area contributed by atoms with Crippen LogP contribution in [0.3, 0.4) is 0 Å². The number of nitrogens with zero attached hydrogens (tertiary/aromatic N) is 2. The summed E-state index contributed by atoms with van der Waals surface area (Å²) in [4.78, 5) is 29.1. The smallest absolute Gasteiger partial charge is 0.254 e. The molecule has 0 radical (unpaired) electrons. The molecule has 3 rings (SSSR count). The third-order valence-electron chi connectivity index (χ3n) is 4.23. The van der Waals surface area contributed by atoms with Crippen molar-refractivity contribution >= 4 is 21.7 Å². The van der Waals surface area contributed by atoms with Crippen LogP contribution in [0.2, 0.25) is 0 Å². The van der Waals surface area contributed by atoms with Gasteiger partial charge in [0, 0.05) is 28.5 Å². The van der Waals surface area contributed by atoms with Crippen molar-refractivity contribution in [2.24, 2.45) is 0 Å². The van der Waals surface area contributed by atoms with Crippen molar-refractivity contribution in [2.75, 3.05) is 0 Å². The van der Waals surface area contributed by atoms with Crippen LogP contribution in [-0.2, 0) is 19.8 Å². The molecule has 1 N–H and O–H groups in total. The van der Waals surface area contributed by atoms with Crippen molar-refractivity contribution in [3.63, 3.8) is 0 Å². The molecule has 1 aromatic carbocycles. The molecule has 2 heterocycles. The first-order valence-electron chi connectivity index (χ1n) is 8.63. The average molecular weight is 443 g/mol. The Kier molecular flexibility index (Phi) is 6.38. The number of carbonyl (C=O) groups excluding carboxylic acids is 1. The number of aliphatic hydroxyl groups excluding tert-OH is 1. The molecule has 28 heavy (non-hydrogen) atoms. The monoisotopic (exact) mass is 442 g/mol. The zero-order valence-corrected chi connectivity index (χ0v) is 16.8. The van der Waals surface area contributed by atoms with Crippen LogP contribution < -0.4 is 10.3 Å². The van der Waals surface area contributed by atoms with Gasteiger partial charge in [-0.25, -0.2) is 0 Å². The number of pyridine rings is 2. The molecule has 0 amide bonds. The van der Waals surface area contributed by atoms with E-state index in [1.165, 1.54) is 10.6 Å². The van der Waals surface area contributed by atoms with Gasteiger partial charge in [0.1, 0.15) is 12.4 Å². The summed E-state index contributed by atoms with van der Waals surface area (Å²) in [5, 5.41) is 9.17. The molecule has 0 aliphatic rings. The fraction of sp³-hybridized carbons (Fsp3) is 0.190. The Morgan fingerprint density at radius 2 is 2.04 bits per heavy atom. The van der Waals surface area contributed by atoms with Crippen molar-refractivity contribution in [2.45, 2.75) is 26.7 Å². The number of halogens is 1. The zero-order chi connectivity index (χ0) is 20.1. The number of aliphatic hydroxyl groups is 1. The lowest BCUT2D eigenvalue weighted by atomic mass is 10.0. The van der Waals surface area contributed by atoms with Crippen LogP contribution in [0.15, 0.2) is 64.1 Å². The molecule has 0 fully saturated rings. The Morgan fingerprint density at radius 3 is 2.68 bits per heavy atom. The van der Waals surface area contributed by atoms with E-state index in [4.69, 9.17) is 9.84 Å². The summed E-state index contributed by atoms with van der Waals surface area (Å²) in [5.74, 6) is 0.249. The highest BCUT2D eigenvalue weighted by molar-refractivity contribution is 9.10. The van der Waals surface area contributed by atoms with Crippen molar-refractivity contribution in [3.05, 3.63) is 92.1 Å². The topological polar surface area (TPSA) is 81.4 Å². The molecule has 3 aromatic rings. The standard InChI is InChI=1S/C21H19BrN2O4/c1-14-8-15(12-25)2-5-19(14)20(26)11-24-7-6-18(9-21(24)27)28-13-17-4-3-16(22)10-23-17/h2-10,25H,11-13H2,1H3. The lowest BCUT2D eigenvalue weighted by Crippen LogP contribution is -2.23. The summed E-state index contributed by atoms with van der Waals surface area (Å²) >= 11 is 3.32. The maximum Gasteiger partial charge on any atom is 0.254 e. The summed E-state index contributed by atoms with van der Waals surface area (Å²) in [6.45, 7) is 1.91. The van der Waals surface area contributed by atoms with E-state index in [1.807, 2.05) is 19.1 Å². The van der Waals surface area contributed by atoms with Crippen LogP contribution in [-0.4, -0.2) is 20.4 Å². The lowest BCUT2D eigenvalue weighted by Gasteiger charge is -2.10. The van der Waals surface area contributed by atoms with E-state index >= 15 is 0 Å². The van der Waals surface area contributed by atoms with Gasteiger partial charge in [0.2, 0.25) is 0 Å². The quantitative estimate of drug-likeness (QED) is 0.567. The molecule has 144 valence electrons. The predicted molar refractivity (Wildman–Crippen MR) is 108 cm³/mol. The Morgan fingerprint density at radius 1 is 1.21 bits per heavy atom. The van der Waals surface area contributed by atoms with Gasteiger partial charge in [0.15, 0.2) is 5.78 Å². The molecule has 6 nitrogen and oxygen atoms in total. The van der Waals surface area contributed by atoms with E-state index < -0.39 is 0 Å². The molecule has 2 aromatic heterocycles. The first kappa shape index (κ1) is 20.0. The van der Waals surface area contributed by atoms with Crippen LogP contribution in [0, 0.1) is 6.92 Å². The normalized spacial score (nSPS) is 10.7. The maximum atomic E-state index is 12.5. The van der Waals surface area contributed by atoms with Crippen molar-refractivity contribution in [1.29, 1.82) is 0 Å². The van der Waals surface area contributed by atoms with Crippen LogP contribution in [0.25, 0.3) is 0 Å². The summed E-state index contributed by atoms with van der Waals surface area (Å²) in [7, 11) is 0. The van der Waals surface area contributed by atoms with Gasteiger partial charge in [-0.1, -0.05) is 18.2 Å². The Hall–Kier alpha value is -2.77. The number of rotatable bonds is 7. The molecule has 0 saturated heterocycles. The molecule has 0 atom stereocenters. The molecule has 0 bridgehead atoms. The number of carbonyl (C=O) groups is 1. The molecule has 0 aliphatic heterocycles. The van der Waals surface area contributed by atoms with Crippen LogP contribution in [0.1, 0.15) is 27.2 Å². The molecule has 7 heteroatoms. The molecule has 0 saturated carbocycles. The Labute approximate surface area is 170 Å². The van der Waals surface area contributed by atoms with Gasteiger partial charge in [-0.3, -0.25) is 14.6 Å². The third-order valence-corrected chi connectivity index (χ3v) is 4.70. The number of ether oxygens (including phenoxy) is 1. The van der Waals surface area contributed by atoms with Crippen molar-refractivity contribution in [1.82, 2.24) is 9.55 Å². The number of aromatic nitrogens is 2. The molecule has 0 aliphatic carbocycles. The molecule has 0 spiro atoms. The summed E-state index contributed by atoms with van der Waals surface area (Å²) in [5.41, 5.74) is 2.47. The highest BCUT2D eigenvalue weighted by atomic mass is 79.9. The highest BCUT2D eigenvalue weighted by Gasteiger charge is 2.12. The van der Waals surface area contributed by atoms with Gasteiger partial charge >= 0.3 is 0 Å². The minimum absolute atomic E-state index is 0.0628. The molecular weight excluding hydrogens is 424 g/mol. The summed E-state index contributed by atoms with van der Waals surface area (Å²) in [6, 6.07) is 11.8. The van der Waals surface area contributed by atoms with Crippen molar-refractivity contribution < 1.29 is 14.6 Å². The highest BCUT2D eigenvalue weighted by Crippen LogP contribution is 2.14. The van der Waals surface area contributed by atoms with Gasteiger partial charge in [-0.05, 0) is 52.2 Å². The van der Waals surface area contributed by atoms with Gasteiger partial charge < -0.3 is 14.4 Å². The second kappa shape index (κ2) is 8.95. The maximum absolute atomic E-state index is 12.5. The number of Topliss-reactive ketones (excluding diaryl/α,β-unsaturated/α-hetero) is 1. The number of ketones is 1. The minimum atomic E-state index is -0.320. The Balaban J connectivity index is 1.67. The fourth-order valence-electron chi connectivity index (χ4n) is 2.74.